The van der Waals surface area contributed by atoms with E-state index in [-0.39, 0.29) is 0 Å². The van der Waals surface area contributed by atoms with Gasteiger partial charge in [0.15, 0.2) is 18.3 Å². The van der Waals surface area contributed by atoms with Crippen molar-refractivity contribution in [1.82, 2.24) is 0 Å². The van der Waals surface area contributed by atoms with E-state index in [9.17, 15) is 0 Å². The molecule has 1 nitrogen and oxygen atoms in total. The van der Waals surface area contributed by atoms with Crippen molar-refractivity contribution in [1.29, 1.82) is 0 Å². The molecule has 0 radical (unpaired) electrons. The highest BCUT2D eigenvalue weighted by molar-refractivity contribution is 7.98. The van der Waals surface area contributed by atoms with Crippen LogP contribution in [0.15, 0.2) is 18.5 Å². The summed E-state index contributed by atoms with van der Waals surface area (Å²) in [7, 11) is 0. The van der Waals surface area contributed by atoms with Crippen molar-refractivity contribution >= 4 is 11.8 Å². The number of aryl methyl sites for hydroxylation is 2. The number of hydrogen-bond acceptors (Lipinski definition) is 1. The van der Waals surface area contributed by atoms with Gasteiger partial charge in [-0.3, -0.25) is 0 Å². The summed E-state index contributed by atoms with van der Waals surface area (Å²) in [5.74, 6) is 2.39. The Labute approximate surface area is 117 Å². The Balaban J connectivity index is 2.07. The SMILES string of the molecule is CCCCCCCCSC[n+]1cc(C)cc(C)c1. The van der Waals surface area contributed by atoms with Crippen LogP contribution >= 0.6 is 11.8 Å². The zero-order valence-electron chi connectivity index (χ0n) is 12.2. The lowest BCUT2D eigenvalue weighted by molar-refractivity contribution is -0.676. The van der Waals surface area contributed by atoms with Gasteiger partial charge in [0, 0.05) is 11.1 Å². The molecular weight excluding hydrogens is 238 g/mol. The topological polar surface area (TPSA) is 3.88 Å². The molecule has 102 valence electrons. The second-order valence-corrected chi connectivity index (χ2v) is 6.28. The number of pyridine rings is 1. The van der Waals surface area contributed by atoms with Gasteiger partial charge >= 0.3 is 0 Å². The van der Waals surface area contributed by atoms with Crippen molar-refractivity contribution in [3.63, 3.8) is 0 Å². The molecule has 0 saturated heterocycles. The Kier molecular flexibility index (Phi) is 8.15. The quantitative estimate of drug-likeness (QED) is 0.465. The number of nitrogens with zero attached hydrogens (tertiary/aromatic N) is 1. The van der Waals surface area contributed by atoms with Crippen molar-refractivity contribution in [3.8, 4) is 0 Å². The Hall–Kier alpha value is -0.500. The van der Waals surface area contributed by atoms with Crippen molar-refractivity contribution in [3.05, 3.63) is 29.6 Å². The van der Waals surface area contributed by atoms with Crippen molar-refractivity contribution in [2.24, 2.45) is 0 Å². The van der Waals surface area contributed by atoms with Gasteiger partial charge < -0.3 is 0 Å². The standard InChI is InChI=1S/C16H28NS/c1-4-5-6-7-8-9-10-18-14-17-12-15(2)11-16(3)13-17/h11-13H,4-10,14H2,1-3H3/q+1. The highest BCUT2D eigenvalue weighted by Gasteiger charge is 2.02. The molecule has 0 bridgehead atoms. The van der Waals surface area contributed by atoms with Gasteiger partial charge in [-0.25, -0.2) is 0 Å². The van der Waals surface area contributed by atoms with Gasteiger partial charge in [0.25, 0.3) is 0 Å². The highest BCUT2D eigenvalue weighted by atomic mass is 32.2. The smallest absolute Gasteiger partial charge is 0.194 e. The average molecular weight is 266 g/mol. The van der Waals surface area contributed by atoms with Crippen LogP contribution in [0.5, 0.6) is 0 Å². The summed E-state index contributed by atoms with van der Waals surface area (Å²) in [5, 5.41) is 0. The molecule has 0 aliphatic rings. The van der Waals surface area contributed by atoms with E-state index in [0.717, 1.165) is 5.88 Å². The molecule has 0 aliphatic carbocycles. The number of hydrogen-bond donors (Lipinski definition) is 0. The van der Waals surface area contributed by atoms with E-state index < -0.39 is 0 Å². The number of rotatable bonds is 9. The summed E-state index contributed by atoms with van der Waals surface area (Å²) in [6.45, 7) is 6.61. The van der Waals surface area contributed by atoms with Gasteiger partial charge in [-0.15, -0.1) is 0 Å². The van der Waals surface area contributed by atoms with Crippen LogP contribution in [0.4, 0.5) is 0 Å². The van der Waals surface area contributed by atoms with Gasteiger partial charge in [0.05, 0.1) is 0 Å². The van der Waals surface area contributed by atoms with E-state index in [0.29, 0.717) is 0 Å². The molecule has 0 aromatic carbocycles. The summed E-state index contributed by atoms with van der Waals surface area (Å²) < 4.78 is 2.31. The lowest BCUT2D eigenvalue weighted by Gasteiger charge is -2.01. The molecule has 0 amide bonds. The minimum Gasteiger partial charge on any atom is -0.195 e. The molecule has 0 fully saturated rings. The predicted octanol–water partition coefficient (Wildman–Crippen LogP) is 4.64. The van der Waals surface area contributed by atoms with Gasteiger partial charge in [-0.1, -0.05) is 50.8 Å². The second-order valence-electron chi connectivity index (χ2n) is 5.21. The molecule has 18 heavy (non-hydrogen) atoms. The fraction of sp³-hybridized carbons (Fsp3) is 0.688. The van der Waals surface area contributed by atoms with Crippen LogP contribution in [0.3, 0.4) is 0 Å². The highest BCUT2D eigenvalue weighted by Crippen LogP contribution is 2.10. The van der Waals surface area contributed by atoms with Crippen LogP contribution in [0.25, 0.3) is 0 Å². The van der Waals surface area contributed by atoms with Gasteiger partial charge in [0.1, 0.15) is 0 Å². The summed E-state index contributed by atoms with van der Waals surface area (Å²) >= 11 is 2.05. The molecule has 0 spiro atoms. The van der Waals surface area contributed by atoms with E-state index in [4.69, 9.17) is 0 Å². The van der Waals surface area contributed by atoms with Crippen LogP contribution in [0.2, 0.25) is 0 Å². The monoisotopic (exact) mass is 266 g/mol. The molecule has 0 saturated carbocycles. The molecule has 1 aromatic rings. The predicted molar refractivity (Wildman–Crippen MR) is 81.9 cm³/mol. The zero-order chi connectivity index (χ0) is 13.2. The third kappa shape index (κ3) is 7.05. The van der Waals surface area contributed by atoms with Crippen molar-refractivity contribution < 1.29 is 4.57 Å². The molecule has 0 aliphatic heterocycles. The van der Waals surface area contributed by atoms with Gasteiger partial charge in [-0.2, -0.15) is 4.57 Å². The second kappa shape index (κ2) is 9.43. The lowest BCUT2D eigenvalue weighted by atomic mass is 10.1. The summed E-state index contributed by atoms with van der Waals surface area (Å²) in [4.78, 5) is 0. The minimum atomic E-state index is 1.09. The molecule has 2 heteroatoms. The summed E-state index contributed by atoms with van der Waals surface area (Å²) in [6.07, 6.45) is 12.9. The molecule has 1 heterocycles. The molecule has 1 rings (SSSR count). The Bertz CT molecular complexity index is 316. The minimum absolute atomic E-state index is 1.09. The van der Waals surface area contributed by atoms with Crippen molar-refractivity contribution in [2.75, 3.05) is 5.75 Å². The van der Waals surface area contributed by atoms with Crippen LogP contribution in [0.1, 0.15) is 56.6 Å². The van der Waals surface area contributed by atoms with Crippen LogP contribution in [-0.4, -0.2) is 5.75 Å². The number of aromatic nitrogens is 1. The van der Waals surface area contributed by atoms with E-state index in [2.05, 4.69) is 55.6 Å². The Morgan fingerprint density at radius 3 is 2.22 bits per heavy atom. The first-order valence-electron chi connectivity index (χ1n) is 7.27. The maximum Gasteiger partial charge on any atom is 0.194 e. The van der Waals surface area contributed by atoms with E-state index >= 15 is 0 Å². The number of unbranched alkanes of at least 4 members (excludes halogenated alkanes) is 5. The largest absolute Gasteiger partial charge is 0.195 e. The molecule has 0 atom stereocenters. The maximum absolute atomic E-state index is 2.31. The number of thioether (sulfide) groups is 1. The van der Waals surface area contributed by atoms with Crippen LogP contribution < -0.4 is 4.57 Å². The van der Waals surface area contributed by atoms with Crippen LogP contribution in [0, 0.1) is 13.8 Å². The third-order valence-corrected chi connectivity index (χ3v) is 4.13. The Morgan fingerprint density at radius 1 is 0.944 bits per heavy atom. The fourth-order valence-electron chi connectivity index (χ4n) is 2.22. The normalized spacial score (nSPS) is 10.8. The molecule has 0 N–H and O–H groups in total. The first-order valence-corrected chi connectivity index (χ1v) is 8.43. The third-order valence-electron chi connectivity index (χ3n) is 3.08. The zero-order valence-corrected chi connectivity index (χ0v) is 13.1. The van der Waals surface area contributed by atoms with E-state index in [1.165, 1.54) is 55.4 Å². The van der Waals surface area contributed by atoms with Crippen molar-refractivity contribution in [2.45, 2.75) is 65.2 Å². The first kappa shape index (κ1) is 15.6. The van der Waals surface area contributed by atoms with Gasteiger partial charge in [-0.05, 0) is 32.1 Å². The molecular formula is C16H28NS+. The molecule has 1 aromatic heterocycles. The maximum atomic E-state index is 2.31. The first-order chi connectivity index (χ1) is 8.72. The molecule has 0 unspecified atom stereocenters. The summed E-state index contributed by atoms with van der Waals surface area (Å²) in [6, 6.07) is 2.23. The summed E-state index contributed by atoms with van der Waals surface area (Å²) in [5.41, 5.74) is 2.71. The lowest BCUT2D eigenvalue weighted by Crippen LogP contribution is -2.32. The fourth-order valence-corrected chi connectivity index (χ4v) is 3.12. The van der Waals surface area contributed by atoms with Crippen LogP contribution in [-0.2, 0) is 5.88 Å². The Morgan fingerprint density at radius 2 is 1.56 bits per heavy atom. The van der Waals surface area contributed by atoms with Gasteiger partial charge in [0.2, 0.25) is 0 Å². The van der Waals surface area contributed by atoms with E-state index in [1.807, 2.05) is 0 Å². The average Bonchev–Trinajstić information content (AvgIpc) is 2.31. The van der Waals surface area contributed by atoms with E-state index in [1.54, 1.807) is 0 Å².